The number of carboxylic acids is 6. The molecule has 0 unspecified atom stereocenters. The number of H-pyrrole nitrogens is 2. The van der Waals surface area contributed by atoms with E-state index in [1.54, 1.807) is 0 Å². The fourth-order valence-electron chi connectivity index (χ4n) is 9.12. The number of aromatic nitrogens is 4. The molecule has 0 aliphatic carbocycles. The molecule has 2 aromatic heterocycles. The second kappa shape index (κ2) is 45.8. The third-order valence-corrected chi connectivity index (χ3v) is 14.9. The smallest absolute Gasteiger partial charge is 0.328 e. The monoisotopic (exact) mass is 1540 g/mol. The molecule has 2 rings (SSSR count). The van der Waals surface area contributed by atoms with E-state index in [-0.39, 0.29) is 11.4 Å². The largest absolute Gasteiger partial charge is 0.481 e. The topological polar surface area (TPSA) is 796 Å². The van der Waals surface area contributed by atoms with Crippen LogP contribution in [0.4, 0.5) is 0 Å². The number of aliphatic carboxylic acids is 6. The number of carbonyl (C=O) groups excluding carboxylic acids is 14. The number of aliphatic hydroxyl groups excluding tert-OH is 4. The highest BCUT2D eigenvalue weighted by Crippen LogP contribution is 2.10. The molecule has 0 aliphatic rings. The summed E-state index contributed by atoms with van der Waals surface area (Å²) < 4.78 is 0. The van der Waals surface area contributed by atoms with Crippen LogP contribution in [-0.2, 0) is 109 Å². The van der Waals surface area contributed by atoms with Crippen LogP contribution in [0.5, 0.6) is 0 Å². The van der Waals surface area contributed by atoms with Crippen molar-refractivity contribution in [1.82, 2.24) is 94.4 Å². The molecule has 108 heavy (non-hydrogen) atoms. The zero-order chi connectivity index (χ0) is 81.8. The van der Waals surface area contributed by atoms with Crippen molar-refractivity contribution in [2.45, 2.75) is 183 Å². The Bertz CT molecular complexity index is 3540. The molecule has 0 saturated carbocycles. The highest BCUT2D eigenvalue weighted by Gasteiger charge is 2.38. The van der Waals surface area contributed by atoms with Gasteiger partial charge in [0.25, 0.3) is 0 Å². The molecule has 0 radical (unpaired) electrons. The number of nitrogens with one attached hydrogen (secondary N) is 16. The summed E-state index contributed by atoms with van der Waals surface area (Å²) in [6, 6.07) is -24.0. The SMILES string of the molecule is C[C@H](NC(=O)[C@H](CCC(=O)O)NC(=O)[C@H](CO)NC(=O)CNC(=O)[C@H](C)NC(=O)[C@H](CCC(=O)O)NC(=O)[C@@H](N)CC(=O)O)C(=O)N[C@@H](CC(=O)O)C(=O)N[C@@H](Cc1c[nH]cn1)C(=O)N[C@@H](CCC(=O)O)C(=O)NCC(=O)N[C@H](C(=O)N[C@@H](Cc1c[nH]cn1)C(=O)N[C@@H](CO)C(=O)N[C@H](C(=O)O)[C@@H](C)O)[C@@H](C)O. The maximum atomic E-state index is 14.1. The van der Waals surface area contributed by atoms with Crippen LogP contribution in [0.15, 0.2) is 25.0 Å². The van der Waals surface area contributed by atoms with Crippen LogP contribution in [0.2, 0.25) is 0 Å². The third kappa shape index (κ3) is 33.6. The fraction of sp³-hybridized carbons (Fsp3) is 0.559. The lowest BCUT2D eigenvalue weighted by Gasteiger charge is -2.26. The number of amides is 14. The minimum atomic E-state index is -2.16. The highest BCUT2D eigenvalue weighted by molar-refractivity contribution is 6.01. The summed E-state index contributed by atoms with van der Waals surface area (Å²) in [6.45, 7) is -0.337. The Labute approximate surface area is 609 Å². The Balaban J connectivity index is 2.27. The molecule has 598 valence electrons. The Morgan fingerprint density at radius 1 is 0.370 bits per heavy atom. The van der Waals surface area contributed by atoms with Gasteiger partial charge in [0.2, 0.25) is 82.7 Å². The molecule has 2 heterocycles. The van der Waals surface area contributed by atoms with E-state index in [0.717, 1.165) is 34.0 Å². The third-order valence-electron chi connectivity index (χ3n) is 14.9. The number of hydrogen-bond acceptors (Lipinski definition) is 27. The number of imidazole rings is 2. The minimum Gasteiger partial charge on any atom is -0.481 e. The van der Waals surface area contributed by atoms with Crippen molar-refractivity contribution >= 4 is 119 Å². The number of nitrogens with zero attached hydrogens (tertiary/aromatic N) is 2. The van der Waals surface area contributed by atoms with Gasteiger partial charge >= 0.3 is 35.8 Å². The van der Waals surface area contributed by atoms with Crippen molar-refractivity contribution in [3.05, 3.63) is 36.4 Å². The van der Waals surface area contributed by atoms with Gasteiger partial charge in [0.05, 0.1) is 81.4 Å². The molecule has 49 heteroatoms. The summed E-state index contributed by atoms with van der Waals surface area (Å²) in [5, 5.41) is 126. The molecular weight excluding hydrogens is 1450 g/mol. The minimum absolute atomic E-state index is 0.00986. The lowest BCUT2D eigenvalue weighted by molar-refractivity contribution is -0.145. The molecule has 0 bridgehead atoms. The molecule has 0 aromatic carbocycles. The average molecular weight is 1540 g/mol. The van der Waals surface area contributed by atoms with Crippen molar-refractivity contribution < 1.29 is 147 Å². The molecule has 0 spiro atoms. The number of rotatable bonds is 50. The average Bonchev–Trinajstić information content (AvgIpc) is 1.22. The summed E-state index contributed by atoms with van der Waals surface area (Å²) in [5.41, 5.74) is 5.64. The van der Waals surface area contributed by atoms with E-state index in [0.29, 0.717) is 0 Å². The van der Waals surface area contributed by atoms with Crippen molar-refractivity contribution in [3.8, 4) is 0 Å². The van der Waals surface area contributed by atoms with Gasteiger partial charge in [-0.15, -0.1) is 0 Å². The van der Waals surface area contributed by atoms with E-state index in [1.165, 1.54) is 18.7 Å². The first kappa shape index (κ1) is 91.7. The zero-order valence-electron chi connectivity index (χ0n) is 58.0. The second-order valence-electron chi connectivity index (χ2n) is 23.8. The van der Waals surface area contributed by atoms with E-state index in [4.69, 9.17) is 15.9 Å². The van der Waals surface area contributed by atoms with Gasteiger partial charge in [-0.2, -0.15) is 0 Å². The van der Waals surface area contributed by atoms with Crippen LogP contribution >= 0.6 is 0 Å². The molecule has 2 aromatic rings. The lowest BCUT2D eigenvalue weighted by Crippen LogP contribution is -2.61. The Kier molecular flexibility index (Phi) is 38.9. The summed E-state index contributed by atoms with van der Waals surface area (Å²) in [5.74, 6) is -27.1. The van der Waals surface area contributed by atoms with E-state index in [9.17, 15) is 137 Å². The van der Waals surface area contributed by atoms with Crippen LogP contribution in [-0.4, -0.2) is 307 Å². The number of carbonyl (C=O) groups is 20. The normalized spacial score (nSPS) is 15.1. The van der Waals surface area contributed by atoms with Gasteiger partial charge in [-0.1, -0.05) is 0 Å². The van der Waals surface area contributed by atoms with Gasteiger partial charge < -0.3 is 141 Å². The summed E-state index contributed by atoms with van der Waals surface area (Å²) in [6.07, 6.45) is -6.23. The Morgan fingerprint density at radius 2 is 0.713 bits per heavy atom. The maximum Gasteiger partial charge on any atom is 0.328 e. The first-order chi connectivity index (χ1) is 50.6. The van der Waals surface area contributed by atoms with Gasteiger partial charge in [0, 0.05) is 44.5 Å². The molecule has 49 nitrogen and oxygen atoms in total. The first-order valence-corrected chi connectivity index (χ1v) is 32.4. The zero-order valence-corrected chi connectivity index (χ0v) is 58.0. The highest BCUT2D eigenvalue weighted by atomic mass is 16.4. The van der Waals surface area contributed by atoms with E-state index >= 15 is 0 Å². The molecular formula is C59H87N19O30. The van der Waals surface area contributed by atoms with Crippen LogP contribution in [0.3, 0.4) is 0 Å². The number of aromatic amines is 2. The first-order valence-electron chi connectivity index (χ1n) is 32.4. The van der Waals surface area contributed by atoms with E-state index in [2.05, 4.69) is 83.7 Å². The number of aliphatic hydroxyl groups is 4. The van der Waals surface area contributed by atoms with Crippen molar-refractivity contribution in [3.63, 3.8) is 0 Å². The van der Waals surface area contributed by atoms with E-state index < -0.39 is 300 Å². The fourth-order valence-corrected chi connectivity index (χ4v) is 9.12. The van der Waals surface area contributed by atoms with Gasteiger partial charge in [0.15, 0.2) is 6.04 Å². The standard InChI is InChI=1S/C59H87N19O30/c1-23(67-51(99)31(6-9-41(87)88)70-49(97)29(60)13-43(91)92)47(95)63-17-38(83)69-36(19-79)56(104)72-32(7-10-42(89)90)52(100)68-24(2)48(96)73-35(14-44(93)94)55(103)74-33(11-27-15-61-21-65-27)53(101)71-30(5-8-40(85)86)50(98)64-18-39(84)77-45(25(3)81)58(106)75-34(12-28-16-62-22-66-28)54(102)76-37(20-80)57(105)78-46(26(4)82)59(107)108/h15-16,21-26,29-37,45-46,79-82H,5-14,17-20,60H2,1-4H3,(H,61,65)(H,62,66)(H,63,95)(H,64,98)(H,67,99)(H,68,100)(H,69,83)(H,70,97)(H,71,101)(H,72,104)(H,73,96)(H,74,103)(H,75,106)(H,76,102)(H,77,84)(H,78,105)(H,85,86)(H,87,88)(H,89,90)(H,91,92)(H,93,94)(H,107,108)/t23-,24-,25+,26+,29-,30-,31-,32-,33-,34-,35-,36-,37-,45-,46-/m0/s1. The van der Waals surface area contributed by atoms with Gasteiger partial charge in [-0.25, -0.2) is 14.8 Å². The molecule has 15 atom stereocenters. The van der Waals surface area contributed by atoms with Gasteiger partial charge in [0.1, 0.15) is 66.5 Å². The predicted molar refractivity (Wildman–Crippen MR) is 353 cm³/mol. The number of hydrogen-bond donors (Lipinski definition) is 27. The van der Waals surface area contributed by atoms with Gasteiger partial charge in [-0.05, 0) is 47.0 Å². The summed E-state index contributed by atoms with van der Waals surface area (Å²) in [7, 11) is 0. The molecule has 0 fully saturated rings. The Morgan fingerprint density at radius 3 is 1.12 bits per heavy atom. The van der Waals surface area contributed by atoms with Crippen LogP contribution in [0.25, 0.3) is 0 Å². The van der Waals surface area contributed by atoms with Crippen molar-refractivity contribution in [1.29, 1.82) is 0 Å². The molecule has 28 N–H and O–H groups in total. The maximum absolute atomic E-state index is 14.1. The Hall–Kier alpha value is -12.4. The second-order valence-corrected chi connectivity index (χ2v) is 23.8. The molecule has 0 aliphatic heterocycles. The summed E-state index contributed by atoms with van der Waals surface area (Å²) in [4.78, 5) is 270. The quantitative estimate of drug-likeness (QED) is 0.0292. The predicted octanol–water partition coefficient (Wildman–Crippen LogP) is -13.3. The van der Waals surface area contributed by atoms with Gasteiger partial charge in [-0.3, -0.25) is 91.1 Å². The van der Waals surface area contributed by atoms with Crippen molar-refractivity contribution in [2.24, 2.45) is 5.73 Å². The van der Waals surface area contributed by atoms with Crippen LogP contribution < -0.4 is 80.2 Å². The number of carboxylic acid groups (broad SMARTS) is 6. The van der Waals surface area contributed by atoms with Crippen LogP contribution in [0.1, 0.15) is 90.4 Å². The van der Waals surface area contributed by atoms with Crippen molar-refractivity contribution in [2.75, 3.05) is 26.3 Å². The van der Waals surface area contributed by atoms with E-state index in [1.807, 2.05) is 10.6 Å². The molecule has 14 amide bonds. The van der Waals surface area contributed by atoms with Crippen LogP contribution in [0, 0.1) is 0 Å². The summed E-state index contributed by atoms with van der Waals surface area (Å²) >= 11 is 0. The molecule has 0 saturated heterocycles. The lowest BCUT2D eigenvalue weighted by atomic mass is 10.1. The number of nitrogens with two attached hydrogens (primary N) is 1.